The number of alkyl halides is 2. The van der Waals surface area contributed by atoms with Crippen LogP contribution >= 0.6 is 11.3 Å². The summed E-state index contributed by atoms with van der Waals surface area (Å²) >= 11 is 1.37. The third-order valence-corrected chi connectivity index (χ3v) is 5.72. The van der Waals surface area contributed by atoms with Crippen molar-refractivity contribution in [3.8, 4) is 0 Å². The fourth-order valence-electron chi connectivity index (χ4n) is 3.42. The second-order valence-corrected chi connectivity index (χ2v) is 8.07. The molecule has 3 rings (SSSR count). The lowest BCUT2D eigenvalue weighted by Crippen LogP contribution is -2.51. The van der Waals surface area contributed by atoms with E-state index in [0.717, 1.165) is 0 Å². The molecule has 0 spiro atoms. The maximum Gasteiger partial charge on any atom is 0.337 e. The molecule has 2 N–H and O–H groups in total. The van der Waals surface area contributed by atoms with Gasteiger partial charge in [0.25, 0.3) is 5.92 Å². The van der Waals surface area contributed by atoms with E-state index in [-0.39, 0.29) is 32.7 Å². The second-order valence-electron chi connectivity index (χ2n) is 7.17. The van der Waals surface area contributed by atoms with Crippen molar-refractivity contribution in [3.63, 3.8) is 0 Å². The monoisotopic (exact) mass is 458 g/mol. The zero-order valence-electron chi connectivity index (χ0n) is 17.0. The van der Waals surface area contributed by atoms with Crippen LogP contribution < -0.4 is 5.32 Å². The number of rotatable bonds is 9. The number of aliphatic imine (C=N–C) groups is 1. The number of amidine groups is 1. The van der Waals surface area contributed by atoms with E-state index in [9.17, 15) is 18.4 Å². The zero-order chi connectivity index (χ0) is 22.4. The minimum absolute atomic E-state index is 0.0754. The molecular formula is C19H24F2N4O5S. The van der Waals surface area contributed by atoms with Crippen LogP contribution in [0.15, 0.2) is 27.8 Å². The number of likely N-dealkylation sites (tertiary alicyclic amines) is 1. The number of hydrogen-bond acceptors (Lipinski definition) is 9. The number of nitrogens with zero attached hydrogens (tertiary/aromatic N) is 3. The van der Waals surface area contributed by atoms with Crippen molar-refractivity contribution in [2.24, 2.45) is 10.9 Å². The third kappa shape index (κ3) is 6.05. The number of piperidine rings is 1. The fourth-order valence-corrected chi connectivity index (χ4v) is 4.02. The molecule has 1 aromatic heterocycles. The van der Waals surface area contributed by atoms with Gasteiger partial charge < -0.3 is 19.9 Å². The molecule has 1 atom stereocenters. The van der Waals surface area contributed by atoms with E-state index in [1.807, 2.05) is 0 Å². The number of carboxylic acid groups (broad SMARTS) is 1. The molecule has 0 amide bonds. The summed E-state index contributed by atoms with van der Waals surface area (Å²) in [5.74, 6) is -5.35. The van der Waals surface area contributed by atoms with Gasteiger partial charge in [0.05, 0.1) is 31.9 Å². The number of carboxylic acids is 1. The number of ether oxygens (including phenoxy) is 2. The van der Waals surface area contributed by atoms with Gasteiger partial charge in [0, 0.05) is 29.7 Å². The molecule has 0 aromatic carbocycles. The Balaban J connectivity index is 1.69. The first-order valence-corrected chi connectivity index (χ1v) is 10.7. The van der Waals surface area contributed by atoms with Crippen LogP contribution in [0, 0.1) is 5.92 Å². The van der Waals surface area contributed by atoms with E-state index in [1.54, 1.807) is 23.4 Å². The van der Waals surface area contributed by atoms with Gasteiger partial charge in [-0.1, -0.05) is 0 Å². The molecule has 3 heterocycles. The molecule has 9 nitrogen and oxygen atoms in total. The molecule has 1 unspecified atom stereocenters. The Kier molecular flexibility index (Phi) is 7.68. The Morgan fingerprint density at radius 3 is 2.90 bits per heavy atom. The Morgan fingerprint density at radius 2 is 2.26 bits per heavy atom. The Hall–Kier alpha value is -2.44. The Bertz CT molecular complexity index is 859. The van der Waals surface area contributed by atoms with Gasteiger partial charge in [-0.3, -0.25) is 9.89 Å². The molecular weight excluding hydrogens is 434 g/mol. The Morgan fingerprint density at radius 1 is 1.45 bits per heavy atom. The van der Waals surface area contributed by atoms with Crippen LogP contribution in [0.4, 0.5) is 8.78 Å². The van der Waals surface area contributed by atoms with Crippen molar-refractivity contribution in [2.75, 3.05) is 46.0 Å². The predicted molar refractivity (Wildman–Crippen MR) is 108 cm³/mol. The summed E-state index contributed by atoms with van der Waals surface area (Å²) in [6, 6.07) is 0. The van der Waals surface area contributed by atoms with Crippen molar-refractivity contribution in [1.82, 2.24) is 15.2 Å². The average Bonchev–Trinajstić information content (AvgIpc) is 3.24. The highest BCUT2D eigenvalue weighted by atomic mass is 32.1. The number of hydrogen-bond donors (Lipinski definition) is 2. The zero-order valence-corrected chi connectivity index (χ0v) is 17.8. The SMILES string of the molecule is CCOC(=O)C1=C(CN2CCC(COCC(=O)O)C(F)(F)C2)NC(c2nccs2)=NC1. The standard InChI is InChI=1S/C19H24F2N4O5S/c1-2-30-18(28)13-7-23-16(17-22-4-6-31-17)24-14(13)8-25-5-3-12(19(20,21)11-25)9-29-10-15(26)27/h4,6,12H,2-3,5,7-11H2,1H3,(H,23,24)(H,26,27). The summed E-state index contributed by atoms with van der Waals surface area (Å²) in [5, 5.41) is 14.1. The summed E-state index contributed by atoms with van der Waals surface area (Å²) < 4.78 is 39.3. The van der Waals surface area contributed by atoms with Crippen LogP contribution in [-0.2, 0) is 19.1 Å². The highest BCUT2D eigenvalue weighted by Gasteiger charge is 2.45. The minimum atomic E-state index is -3.05. The van der Waals surface area contributed by atoms with Crippen LogP contribution in [0.3, 0.4) is 0 Å². The number of aromatic nitrogens is 1. The normalized spacial score (nSPS) is 21.4. The molecule has 1 saturated heterocycles. The number of carbonyl (C=O) groups excluding carboxylic acids is 1. The van der Waals surface area contributed by atoms with Gasteiger partial charge in [0.2, 0.25) is 0 Å². The molecule has 1 aromatic rings. The lowest BCUT2D eigenvalue weighted by atomic mass is 9.93. The van der Waals surface area contributed by atoms with E-state index in [1.165, 1.54) is 11.3 Å². The molecule has 31 heavy (non-hydrogen) atoms. The first kappa shape index (κ1) is 23.2. The van der Waals surface area contributed by atoms with Gasteiger partial charge >= 0.3 is 11.9 Å². The average molecular weight is 458 g/mol. The third-order valence-electron chi connectivity index (χ3n) is 4.94. The van der Waals surface area contributed by atoms with E-state index in [4.69, 9.17) is 14.6 Å². The molecule has 0 radical (unpaired) electrons. The Labute approximate surface area is 181 Å². The fraction of sp³-hybridized carbons (Fsp3) is 0.579. The van der Waals surface area contributed by atoms with E-state index < -0.39 is 36.9 Å². The second kappa shape index (κ2) is 10.2. The number of carbonyl (C=O) groups is 2. The smallest absolute Gasteiger partial charge is 0.337 e. The minimum Gasteiger partial charge on any atom is -0.480 e. The first-order valence-electron chi connectivity index (χ1n) is 9.80. The van der Waals surface area contributed by atoms with Crippen molar-refractivity contribution in [1.29, 1.82) is 0 Å². The maximum absolute atomic E-state index is 14.6. The summed E-state index contributed by atoms with van der Waals surface area (Å²) in [6.45, 7) is 0.955. The highest BCUT2D eigenvalue weighted by molar-refractivity contribution is 7.11. The molecule has 1 fully saturated rings. The molecule has 2 aliphatic heterocycles. The number of thiazole rings is 1. The summed E-state index contributed by atoms with van der Waals surface area (Å²) in [7, 11) is 0. The predicted octanol–water partition coefficient (Wildman–Crippen LogP) is 1.37. The van der Waals surface area contributed by atoms with E-state index >= 15 is 0 Å². The summed E-state index contributed by atoms with van der Waals surface area (Å²) in [4.78, 5) is 33.0. The quantitative estimate of drug-likeness (QED) is 0.534. The largest absolute Gasteiger partial charge is 0.480 e. The van der Waals surface area contributed by atoms with Gasteiger partial charge in [-0.05, 0) is 19.9 Å². The van der Waals surface area contributed by atoms with Crippen LogP contribution in [0.1, 0.15) is 18.4 Å². The molecule has 12 heteroatoms. The lowest BCUT2D eigenvalue weighted by molar-refractivity contribution is -0.151. The van der Waals surface area contributed by atoms with Crippen LogP contribution in [0.5, 0.6) is 0 Å². The molecule has 0 aliphatic carbocycles. The molecule has 2 aliphatic rings. The van der Waals surface area contributed by atoms with E-state index in [2.05, 4.69) is 15.3 Å². The van der Waals surface area contributed by atoms with Crippen molar-refractivity contribution < 1.29 is 33.0 Å². The van der Waals surface area contributed by atoms with Gasteiger partial charge in [-0.15, -0.1) is 11.3 Å². The number of esters is 1. The topological polar surface area (TPSA) is 113 Å². The number of aliphatic carboxylic acids is 1. The summed E-state index contributed by atoms with van der Waals surface area (Å²) in [5.41, 5.74) is 0.771. The van der Waals surface area contributed by atoms with Crippen molar-refractivity contribution >= 4 is 29.1 Å². The molecule has 170 valence electrons. The van der Waals surface area contributed by atoms with Gasteiger partial charge in [0.1, 0.15) is 6.61 Å². The van der Waals surface area contributed by atoms with Gasteiger partial charge in [-0.2, -0.15) is 0 Å². The highest BCUT2D eigenvalue weighted by Crippen LogP contribution is 2.33. The van der Waals surface area contributed by atoms with Crippen LogP contribution in [0.2, 0.25) is 0 Å². The lowest BCUT2D eigenvalue weighted by Gasteiger charge is -2.39. The molecule has 0 bridgehead atoms. The number of nitrogens with one attached hydrogen (secondary N) is 1. The number of halogens is 2. The van der Waals surface area contributed by atoms with Crippen LogP contribution in [0.25, 0.3) is 0 Å². The van der Waals surface area contributed by atoms with Gasteiger partial charge in [-0.25, -0.2) is 23.4 Å². The van der Waals surface area contributed by atoms with Crippen LogP contribution in [-0.4, -0.2) is 84.7 Å². The first-order chi connectivity index (χ1) is 14.8. The van der Waals surface area contributed by atoms with Crippen molar-refractivity contribution in [2.45, 2.75) is 19.3 Å². The molecule has 0 saturated carbocycles. The van der Waals surface area contributed by atoms with Crippen molar-refractivity contribution in [3.05, 3.63) is 27.9 Å². The van der Waals surface area contributed by atoms with E-state index in [0.29, 0.717) is 28.7 Å². The maximum atomic E-state index is 14.6. The summed E-state index contributed by atoms with van der Waals surface area (Å²) in [6.07, 6.45) is 1.77. The van der Waals surface area contributed by atoms with Gasteiger partial charge in [0.15, 0.2) is 10.8 Å².